The number of amides is 1. The summed E-state index contributed by atoms with van der Waals surface area (Å²) in [6.45, 7) is 1.66. The number of nitrogens with zero attached hydrogens (tertiary/aromatic N) is 1. The van der Waals surface area contributed by atoms with Crippen LogP contribution in [0, 0.1) is 5.82 Å². The molecular formula is C25H21ClFNO4. The fourth-order valence-electron chi connectivity index (χ4n) is 4.26. The summed E-state index contributed by atoms with van der Waals surface area (Å²) >= 11 is 5.83. The number of fused-ring (bicyclic) bond motifs is 3. The number of carbonyl (C=O) groups excluding carboxylic acids is 1. The molecule has 3 aromatic carbocycles. The van der Waals surface area contributed by atoms with Crippen molar-refractivity contribution in [3.8, 4) is 11.1 Å². The van der Waals surface area contributed by atoms with Crippen LogP contribution in [0.5, 0.6) is 0 Å². The van der Waals surface area contributed by atoms with Crippen LogP contribution in [0.2, 0.25) is 5.02 Å². The van der Waals surface area contributed by atoms with Crippen LogP contribution < -0.4 is 0 Å². The van der Waals surface area contributed by atoms with Gasteiger partial charge in [0, 0.05) is 18.0 Å². The molecule has 1 aliphatic rings. The minimum absolute atomic E-state index is 0.0135. The molecule has 0 radical (unpaired) electrons. The largest absolute Gasteiger partial charge is 0.479 e. The first-order chi connectivity index (χ1) is 15.4. The minimum atomic E-state index is -1.56. The molecule has 3 aromatic rings. The van der Waals surface area contributed by atoms with Gasteiger partial charge in [0.05, 0.1) is 5.02 Å². The molecule has 32 heavy (non-hydrogen) atoms. The molecule has 1 N–H and O–H groups in total. The molecule has 0 aromatic heterocycles. The van der Waals surface area contributed by atoms with Gasteiger partial charge in [0.2, 0.25) is 0 Å². The Morgan fingerprint density at radius 2 is 1.62 bits per heavy atom. The summed E-state index contributed by atoms with van der Waals surface area (Å²) in [5.74, 6) is -2.41. The molecule has 0 spiro atoms. The number of carboxylic acids is 1. The van der Waals surface area contributed by atoms with Crippen molar-refractivity contribution in [1.82, 2.24) is 4.90 Å². The fourth-order valence-corrected chi connectivity index (χ4v) is 4.44. The van der Waals surface area contributed by atoms with Gasteiger partial charge in [-0.2, -0.15) is 0 Å². The van der Waals surface area contributed by atoms with Crippen LogP contribution in [-0.4, -0.2) is 35.2 Å². The van der Waals surface area contributed by atoms with Crippen molar-refractivity contribution in [3.05, 3.63) is 94.3 Å². The molecule has 0 saturated carbocycles. The van der Waals surface area contributed by atoms with Gasteiger partial charge in [-0.3, -0.25) is 4.90 Å². The van der Waals surface area contributed by atoms with E-state index in [9.17, 15) is 19.1 Å². The second-order valence-corrected chi connectivity index (χ2v) is 7.88. The summed E-state index contributed by atoms with van der Waals surface area (Å²) < 4.78 is 20.1. The zero-order valence-corrected chi connectivity index (χ0v) is 18.1. The SMILES string of the molecule is CCN(C(=O)OCC1c2ccccc2-c2ccccc21)C(C(=O)O)c1cccc(Cl)c1F. The molecule has 1 amide bonds. The van der Waals surface area contributed by atoms with Crippen LogP contribution in [0.3, 0.4) is 0 Å². The number of halogens is 2. The molecule has 0 aliphatic heterocycles. The van der Waals surface area contributed by atoms with E-state index in [0.717, 1.165) is 27.2 Å². The molecule has 5 nitrogen and oxygen atoms in total. The Morgan fingerprint density at radius 3 is 2.19 bits per heavy atom. The van der Waals surface area contributed by atoms with Gasteiger partial charge in [-0.1, -0.05) is 72.3 Å². The molecule has 1 atom stereocenters. The monoisotopic (exact) mass is 453 g/mol. The van der Waals surface area contributed by atoms with E-state index in [4.69, 9.17) is 16.3 Å². The summed E-state index contributed by atoms with van der Waals surface area (Å²) in [6, 6.07) is 18.3. The number of carbonyl (C=O) groups is 2. The fraction of sp³-hybridized carbons (Fsp3) is 0.200. The quantitative estimate of drug-likeness (QED) is 0.506. The maximum Gasteiger partial charge on any atom is 0.410 e. The average Bonchev–Trinajstić information content (AvgIpc) is 3.11. The van der Waals surface area contributed by atoms with Gasteiger partial charge < -0.3 is 9.84 Å². The number of carboxylic acid groups (broad SMARTS) is 1. The van der Waals surface area contributed by atoms with E-state index in [1.165, 1.54) is 18.2 Å². The summed E-state index contributed by atoms with van der Waals surface area (Å²) in [7, 11) is 0. The molecule has 0 fully saturated rings. The van der Waals surface area contributed by atoms with Gasteiger partial charge in [0.25, 0.3) is 0 Å². The summed E-state index contributed by atoms with van der Waals surface area (Å²) in [5, 5.41) is 9.56. The molecule has 0 heterocycles. The second kappa shape index (κ2) is 9.01. The van der Waals surface area contributed by atoms with Gasteiger partial charge in [-0.15, -0.1) is 0 Å². The lowest BCUT2D eigenvalue weighted by Gasteiger charge is -2.28. The minimum Gasteiger partial charge on any atom is -0.479 e. The van der Waals surface area contributed by atoms with E-state index in [2.05, 4.69) is 0 Å². The van der Waals surface area contributed by atoms with Crippen LogP contribution in [-0.2, 0) is 9.53 Å². The smallest absolute Gasteiger partial charge is 0.410 e. The number of rotatable bonds is 6. The molecule has 164 valence electrons. The highest BCUT2D eigenvalue weighted by atomic mass is 35.5. The van der Waals surface area contributed by atoms with E-state index < -0.39 is 23.9 Å². The number of ether oxygens (including phenoxy) is 1. The lowest BCUT2D eigenvalue weighted by atomic mass is 9.98. The van der Waals surface area contributed by atoms with Gasteiger partial charge in [0.15, 0.2) is 6.04 Å². The third-order valence-electron chi connectivity index (χ3n) is 5.73. The van der Waals surface area contributed by atoms with Gasteiger partial charge in [-0.25, -0.2) is 14.0 Å². The summed E-state index contributed by atoms with van der Waals surface area (Å²) in [5.41, 5.74) is 4.06. The summed E-state index contributed by atoms with van der Waals surface area (Å²) in [4.78, 5) is 25.9. The van der Waals surface area contributed by atoms with Crippen molar-refractivity contribution in [2.75, 3.05) is 13.2 Å². The molecular weight excluding hydrogens is 433 g/mol. The van der Waals surface area contributed by atoms with E-state index in [1.807, 2.05) is 48.5 Å². The highest BCUT2D eigenvalue weighted by Gasteiger charge is 2.35. The Morgan fingerprint density at radius 1 is 1.03 bits per heavy atom. The van der Waals surface area contributed by atoms with Crippen LogP contribution in [0.1, 0.15) is 35.6 Å². The second-order valence-electron chi connectivity index (χ2n) is 7.47. The predicted octanol–water partition coefficient (Wildman–Crippen LogP) is 5.88. The van der Waals surface area contributed by atoms with Crippen molar-refractivity contribution in [3.63, 3.8) is 0 Å². The van der Waals surface area contributed by atoms with Crippen molar-refractivity contribution < 1.29 is 23.8 Å². The third kappa shape index (κ3) is 3.82. The van der Waals surface area contributed by atoms with Crippen LogP contribution in [0.15, 0.2) is 66.7 Å². The first-order valence-corrected chi connectivity index (χ1v) is 10.6. The molecule has 1 unspecified atom stereocenters. The Hall–Kier alpha value is -3.38. The molecule has 7 heteroatoms. The Kier molecular flexibility index (Phi) is 6.15. The van der Waals surface area contributed by atoms with E-state index in [-0.39, 0.29) is 29.7 Å². The molecule has 0 bridgehead atoms. The number of aliphatic carboxylic acids is 1. The molecule has 0 saturated heterocycles. The molecule has 1 aliphatic carbocycles. The summed E-state index contributed by atoms with van der Waals surface area (Å²) in [6.07, 6.45) is -0.832. The highest BCUT2D eigenvalue weighted by molar-refractivity contribution is 6.30. The topological polar surface area (TPSA) is 66.8 Å². The first-order valence-electron chi connectivity index (χ1n) is 10.2. The van der Waals surface area contributed by atoms with Crippen LogP contribution in [0.4, 0.5) is 9.18 Å². The van der Waals surface area contributed by atoms with Crippen molar-refractivity contribution in [2.45, 2.75) is 18.9 Å². The van der Waals surface area contributed by atoms with E-state index in [0.29, 0.717) is 0 Å². The third-order valence-corrected chi connectivity index (χ3v) is 6.02. The Bertz CT molecular complexity index is 1140. The van der Waals surface area contributed by atoms with Crippen molar-refractivity contribution in [1.29, 1.82) is 0 Å². The standard InChI is InChI=1S/C25H21ClFNO4/c1-2-28(23(24(29)30)19-12-7-13-21(26)22(19)27)25(31)32-14-20-17-10-5-3-8-15(17)16-9-4-6-11-18(16)20/h3-13,20,23H,2,14H2,1H3,(H,29,30). The number of benzene rings is 3. The zero-order valence-electron chi connectivity index (χ0n) is 17.3. The first kappa shape index (κ1) is 21.8. The van der Waals surface area contributed by atoms with Gasteiger partial charge >= 0.3 is 12.1 Å². The van der Waals surface area contributed by atoms with Crippen molar-refractivity contribution in [2.24, 2.45) is 0 Å². The van der Waals surface area contributed by atoms with Crippen LogP contribution >= 0.6 is 11.6 Å². The van der Waals surface area contributed by atoms with Crippen molar-refractivity contribution >= 4 is 23.7 Å². The Balaban J connectivity index is 1.59. The lowest BCUT2D eigenvalue weighted by molar-refractivity contribution is -0.143. The highest BCUT2D eigenvalue weighted by Crippen LogP contribution is 2.44. The number of hydrogen-bond donors (Lipinski definition) is 1. The zero-order chi connectivity index (χ0) is 22.8. The Labute approximate surface area is 190 Å². The van der Waals surface area contributed by atoms with E-state index >= 15 is 0 Å². The number of hydrogen-bond acceptors (Lipinski definition) is 3. The maximum absolute atomic E-state index is 14.6. The average molecular weight is 454 g/mol. The van der Waals surface area contributed by atoms with E-state index in [1.54, 1.807) is 6.92 Å². The van der Waals surface area contributed by atoms with Crippen LogP contribution in [0.25, 0.3) is 11.1 Å². The molecule has 4 rings (SSSR count). The lowest BCUT2D eigenvalue weighted by Crippen LogP contribution is -2.40. The maximum atomic E-state index is 14.6. The predicted molar refractivity (Wildman–Crippen MR) is 119 cm³/mol. The van der Waals surface area contributed by atoms with Gasteiger partial charge in [-0.05, 0) is 35.2 Å². The number of likely N-dealkylation sites (N-methyl/N-ethyl adjacent to an activating group) is 1. The normalized spacial score (nSPS) is 13.2. The van der Waals surface area contributed by atoms with Gasteiger partial charge in [0.1, 0.15) is 12.4 Å².